The second-order valence-electron chi connectivity index (χ2n) is 6.03. The Morgan fingerprint density at radius 2 is 2.33 bits per heavy atom. The Balaban J connectivity index is 1.82. The maximum Gasteiger partial charge on any atom is 0.123 e. The minimum Gasteiger partial charge on any atom is -0.303 e. The molecule has 1 nitrogen and oxygen atoms in total. The van der Waals surface area contributed by atoms with E-state index in [-0.39, 0.29) is 0 Å². The Kier molecular flexibility index (Phi) is 2.05. The summed E-state index contributed by atoms with van der Waals surface area (Å²) in [4.78, 5) is 10.4. The maximum atomic E-state index is 10.4. The third kappa shape index (κ3) is 1.25. The van der Waals surface area contributed by atoms with E-state index in [0.717, 1.165) is 24.0 Å². The largest absolute Gasteiger partial charge is 0.303 e. The Hall–Kier alpha value is -0.590. The van der Waals surface area contributed by atoms with Crippen molar-refractivity contribution in [1.29, 1.82) is 0 Å². The van der Waals surface area contributed by atoms with Gasteiger partial charge in [0, 0.05) is 6.42 Å². The fourth-order valence-corrected chi connectivity index (χ4v) is 4.71. The maximum absolute atomic E-state index is 10.4. The molecule has 2 bridgehead atoms. The second kappa shape index (κ2) is 3.20. The van der Waals surface area contributed by atoms with Crippen LogP contribution in [-0.2, 0) is 4.79 Å². The smallest absolute Gasteiger partial charge is 0.123 e. The molecular weight excluding hydrogens is 184 g/mol. The third-order valence-corrected chi connectivity index (χ3v) is 5.41. The summed E-state index contributed by atoms with van der Waals surface area (Å²) in [6.45, 7) is 2.50. The van der Waals surface area contributed by atoms with Crippen LogP contribution in [-0.4, -0.2) is 6.29 Å². The summed E-state index contributed by atoms with van der Waals surface area (Å²) in [5, 5.41) is 0. The Labute approximate surface area is 91.9 Å². The summed E-state index contributed by atoms with van der Waals surface area (Å²) in [5.41, 5.74) is 2.18. The molecule has 0 radical (unpaired) electrons. The van der Waals surface area contributed by atoms with Crippen LogP contribution < -0.4 is 0 Å². The summed E-state index contributed by atoms with van der Waals surface area (Å²) in [6, 6.07) is 0. The van der Waals surface area contributed by atoms with Crippen LogP contribution in [0.25, 0.3) is 0 Å². The molecule has 4 atom stereocenters. The topological polar surface area (TPSA) is 17.1 Å². The Morgan fingerprint density at radius 1 is 1.47 bits per heavy atom. The molecule has 0 amide bonds. The van der Waals surface area contributed by atoms with Gasteiger partial charge in [-0.2, -0.15) is 0 Å². The number of rotatable bonds is 2. The van der Waals surface area contributed by atoms with Gasteiger partial charge in [-0.3, -0.25) is 0 Å². The average molecular weight is 204 g/mol. The lowest BCUT2D eigenvalue weighted by atomic mass is 9.69. The average Bonchev–Trinajstić information content (AvgIpc) is 2.83. The summed E-state index contributed by atoms with van der Waals surface area (Å²) in [7, 11) is 0. The fraction of sp³-hybridized carbons (Fsp3) is 0.786. The van der Waals surface area contributed by atoms with Crippen molar-refractivity contribution >= 4 is 6.29 Å². The molecule has 2 unspecified atom stereocenters. The summed E-state index contributed by atoms with van der Waals surface area (Å²) in [6.07, 6.45) is 10.9. The molecule has 0 N–H and O–H groups in total. The van der Waals surface area contributed by atoms with Crippen LogP contribution in [0.2, 0.25) is 0 Å². The molecule has 0 aromatic rings. The quantitative estimate of drug-likeness (QED) is 0.498. The Bertz CT molecular complexity index is 317. The third-order valence-electron chi connectivity index (χ3n) is 5.41. The molecule has 82 valence electrons. The predicted molar refractivity (Wildman–Crippen MR) is 60.4 cm³/mol. The highest BCUT2D eigenvalue weighted by molar-refractivity contribution is 5.52. The van der Waals surface area contributed by atoms with Gasteiger partial charge < -0.3 is 4.79 Å². The van der Waals surface area contributed by atoms with Crippen LogP contribution in [0.15, 0.2) is 11.6 Å². The van der Waals surface area contributed by atoms with Crippen molar-refractivity contribution in [2.24, 2.45) is 23.2 Å². The minimum atomic E-state index is 0.609. The molecule has 3 saturated carbocycles. The van der Waals surface area contributed by atoms with Gasteiger partial charge in [0.15, 0.2) is 0 Å². The monoisotopic (exact) mass is 204 g/mol. The zero-order valence-electron chi connectivity index (χ0n) is 9.54. The van der Waals surface area contributed by atoms with E-state index in [4.69, 9.17) is 0 Å². The van der Waals surface area contributed by atoms with Gasteiger partial charge in [-0.05, 0) is 55.3 Å². The van der Waals surface area contributed by atoms with Gasteiger partial charge in [0.2, 0.25) is 0 Å². The van der Waals surface area contributed by atoms with Crippen LogP contribution in [0.1, 0.15) is 45.4 Å². The molecule has 3 fully saturated rings. The number of aldehydes is 1. The first kappa shape index (κ1) is 9.62. The molecule has 3 rings (SSSR count). The van der Waals surface area contributed by atoms with Crippen molar-refractivity contribution in [3.63, 3.8) is 0 Å². The second-order valence-corrected chi connectivity index (χ2v) is 6.03. The minimum absolute atomic E-state index is 0.609. The highest BCUT2D eigenvalue weighted by atomic mass is 16.1. The van der Waals surface area contributed by atoms with Crippen molar-refractivity contribution in [3.05, 3.63) is 11.6 Å². The predicted octanol–water partition coefficient (Wildman–Crippen LogP) is 3.35. The van der Waals surface area contributed by atoms with Crippen LogP contribution >= 0.6 is 0 Å². The SMILES string of the molecule is C[C@@]12C/C(=C\CC=O)C[C@@H]1C1CCC2C1. The fourth-order valence-electron chi connectivity index (χ4n) is 4.71. The van der Waals surface area contributed by atoms with Crippen molar-refractivity contribution in [2.45, 2.75) is 45.4 Å². The highest BCUT2D eigenvalue weighted by Gasteiger charge is 2.57. The van der Waals surface area contributed by atoms with E-state index < -0.39 is 0 Å². The number of hydrogen-bond acceptors (Lipinski definition) is 1. The van der Waals surface area contributed by atoms with E-state index in [9.17, 15) is 4.79 Å². The molecule has 0 saturated heterocycles. The van der Waals surface area contributed by atoms with Gasteiger partial charge in [-0.25, -0.2) is 0 Å². The first-order valence-electron chi connectivity index (χ1n) is 6.35. The molecule has 3 aliphatic carbocycles. The van der Waals surface area contributed by atoms with Crippen LogP contribution in [0.3, 0.4) is 0 Å². The van der Waals surface area contributed by atoms with E-state index in [1.807, 2.05) is 0 Å². The number of allylic oxidation sites excluding steroid dienone is 2. The number of hydrogen-bond donors (Lipinski definition) is 0. The Morgan fingerprint density at radius 3 is 3.07 bits per heavy atom. The molecule has 0 aromatic heterocycles. The van der Waals surface area contributed by atoms with Crippen LogP contribution in [0, 0.1) is 23.2 Å². The van der Waals surface area contributed by atoms with Crippen LogP contribution in [0.4, 0.5) is 0 Å². The van der Waals surface area contributed by atoms with Gasteiger partial charge >= 0.3 is 0 Å². The molecule has 0 spiro atoms. The molecule has 1 heteroatoms. The van der Waals surface area contributed by atoms with Gasteiger partial charge in [0.05, 0.1) is 0 Å². The van der Waals surface area contributed by atoms with E-state index >= 15 is 0 Å². The van der Waals surface area contributed by atoms with Crippen molar-refractivity contribution in [2.75, 3.05) is 0 Å². The summed E-state index contributed by atoms with van der Waals surface area (Å²) in [5.74, 6) is 2.96. The first-order chi connectivity index (χ1) is 7.24. The number of fused-ring (bicyclic) bond motifs is 5. The molecule has 15 heavy (non-hydrogen) atoms. The van der Waals surface area contributed by atoms with Crippen molar-refractivity contribution in [1.82, 2.24) is 0 Å². The number of carbonyl (C=O) groups is 1. The van der Waals surface area contributed by atoms with E-state index in [1.54, 1.807) is 5.57 Å². The zero-order valence-corrected chi connectivity index (χ0v) is 9.54. The molecular formula is C14H20O. The summed E-state index contributed by atoms with van der Waals surface area (Å²) >= 11 is 0. The van der Waals surface area contributed by atoms with Gasteiger partial charge in [-0.15, -0.1) is 0 Å². The van der Waals surface area contributed by atoms with Crippen LogP contribution in [0.5, 0.6) is 0 Å². The summed E-state index contributed by atoms with van der Waals surface area (Å²) < 4.78 is 0. The normalized spacial score (nSPS) is 49.9. The first-order valence-corrected chi connectivity index (χ1v) is 6.35. The molecule has 0 heterocycles. The standard InChI is InChI=1S/C14H20O/c1-14-9-10(3-2-6-15)7-13(14)11-4-5-12(14)8-11/h3,6,11-13H,2,4-5,7-9H2,1H3/b10-3-/t11?,12?,13-,14+/m1/s1. The van der Waals surface area contributed by atoms with Crippen molar-refractivity contribution < 1.29 is 4.79 Å². The molecule has 3 aliphatic rings. The highest BCUT2D eigenvalue weighted by Crippen LogP contribution is 2.67. The van der Waals surface area contributed by atoms with E-state index in [0.29, 0.717) is 11.8 Å². The van der Waals surface area contributed by atoms with E-state index in [2.05, 4.69) is 13.0 Å². The van der Waals surface area contributed by atoms with E-state index in [1.165, 1.54) is 32.1 Å². The zero-order chi connectivity index (χ0) is 10.5. The van der Waals surface area contributed by atoms with Gasteiger partial charge in [0.25, 0.3) is 0 Å². The molecule has 0 aliphatic heterocycles. The lowest BCUT2D eigenvalue weighted by molar-refractivity contribution is -0.107. The lowest BCUT2D eigenvalue weighted by Gasteiger charge is -2.35. The van der Waals surface area contributed by atoms with Gasteiger partial charge in [-0.1, -0.05) is 18.6 Å². The number of carbonyl (C=O) groups excluding carboxylic acids is 1. The van der Waals surface area contributed by atoms with Gasteiger partial charge in [0.1, 0.15) is 6.29 Å². The lowest BCUT2D eigenvalue weighted by Crippen LogP contribution is -2.28. The van der Waals surface area contributed by atoms with Crippen molar-refractivity contribution in [3.8, 4) is 0 Å². The molecule has 0 aromatic carbocycles.